The summed E-state index contributed by atoms with van der Waals surface area (Å²) in [6.45, 7) is 5.94. The van der Waals surface area contributed by atoms with Crippen molar-refractivity contribution in [2.75, 3.05) is 13.1 Å². The van der Waals surface area contributed by atoms with E-state index >= 15 is 0 Å². The number of rotatable bonds is 3. The molecule has 1 fully saturated rings. The zero-order chi connectivity index (χ0) is 12.5. The van der Waals surface area contributed by atoms with E-state index in [2.05, 4.69) is 11.9 Å². The molecule has 0 radical (unpaired) electrons. The van der Waals surface area contributed by atoms with E-state index in [-0.39, 0.29) is 5.91 Å². The molecule has 18 heavy (non-hydrogen) atoms. The Balaban J connectivity index is 1.71. The Hall–Kier alpha value is -1.61. The molecule has 2 aliphatic heterocycles. The largest absolute Gasteiger partial charge is 0.314 e. The first-order valence-electron chi connectivity index (χ1n) is 6.61. The summed E-state index contributed by atoms with van der Waals surface area (Å²) < 4.78 is 0. The topological polar surface area (TPSA) is 32.3 Å². The molecule has 0 spiro atoms. The fourth-order valence-corrected chi connectivity index (χ4v) is 2.86. The predicted molar refractivity (Wildman–Crippen MR) is 72.2 cm³/mol. The average Bonchev–Trinajstić information content (AvgIpc) is 2.98. The minimum atomic E-state index is 0.105. The Morgan fingerprint density at radius 1 is 1.33 bits per heavy atom. The van der Waals surface area contributed by atoms with Crippen molar-refractivity contribution >= 4 is 11.6 Å². The molecule has 1 aromatic rings. The number of benzene rings is 1. The van der Waals surface area contributed by atoms with E-state index < -0.39 is 0 Å². The SMILES string of the molecule is C=C1c2ccccc2C(=O)N1CCC1CCCN1. The summed E-state index contributed by atoms with van der Waals surface area (Å²) in [5, 5.41) is 3.46. The summed E-state index contributed by atoms with van der Waals surface area (Å²) in [5.41, 5.74) is 2.64. The van der Waals surface area contributed by atoms with Crippen molar-refractivity contribution in [3.05, 3.63) is 42.0 Å². The number of fused-ring (bicyclic) bond motifs is 1. The van der Waals surface area contributed by atoms with Crippen molar-refractivity contribution in [1.82, 2.24) is 10.2 Å². The van der Waals surface area contributed by atoms with Crippen LogP contribution in [-0.4, -0.2) is 29.9 Å². The number of hydrogen-bond donors (Lipinski definition) is 1. The molecule has 3 nitrogen and oxygen atoms in total. The van der Waals surface area contributed by atoms with Gasteiger partial charge in [-0.1, -0.05) is 24.8 Å². The minimum absolute atomic E-state index is 0.105. The average molecular weight is 242 g/mol. The normalized spacial score (nSPS) is 22.7. The van der Waals surface area contributed by atoms with Gasteiger partial charge in [0.2, 0.25) is 0 Å². The van der Waals surface area contributed by atoms with Gasteiger partial charge in [0.05, 0.1) is 0 Å². The zero-order valence-corrected chi connectivity index (χ0v) is 10.5. The summed E-state index contributed by atoms with van der Waals surface area (Å²) in [5.74, 6) is 0.105. The maximum absolute atomic E-state index is 12.3. The standard InChI is InChI=1S/C15H18N2O/c1-11-13-6-2-3-7-14(13)15(18)17(11)10-8-12-5-4-9-16-12/h2-3,6-7,12,16H,1,4-5,8-10H2. The van der Waals surface area contributed by atoms with Crippen LogP contribution in [0.5, 0.6) is 0 Å². The first-order valence-corrected chi connectivity index (χ1v) is 6.61. The Labute approximate surface area is 107 Å². The van der Waals surface area contributed by atoms with E-state index in [1.54, 1.807) is 0 Å². The number of amides is 1. The van der Waals surface area contributed by atoms with Crippen LogP contribution in [0.4, 0.5) is 0 Å². The van der Waals surface area contributed by atoms with Crippen molar-refractivity contribution < 1.29 is 4.79 Å². The van der Waals surface area contributed by atoms with E-state index in [0.29, 0.717) is 6.04 Å². The lowest BCUT2D eigenvalue weighted by Crippen LogP contribution is -2.30. The fourth-order valence-electron chi connectivity index (χ4n) is 2.86. The second-order valence-electron chi connectivity index (χ2n) is 5.03. The number of carbonyl (C=O) groups excluding carboxylic acids is 1. The Morgan fingerprint density at radius 2 is 2.11 bits per heavy atom. The van der Waals surface area contributed by atoms with E-state index in [1.165, 1.54) is 12.8 Å². The molecule has 0 saturated carbocycles. The zero-order valence-electron chi connectivity index (χ0n) is 10.5. The van der Waals surface area contributed by atoms with Gasteiger partial charge >= 0.3 is 0 Å². The molecule has 1 N–H and O–H groups in total. The Kier molecular flexibility index (Phi) is 2.92. The number of carbonyl (C=O) groups is 1. The molecule has 94 valence electrons. The lowest BCUT2D eigenvalue weighted by Gasteiger charge is -2.19. The third-order valence-corrected chi connectivity index (χ3v) is 3.90. The molecule has 1 amide bonds. The van der Waals surface area contributed by atoms with Crippen molar-refractivity contribution in [3.8, 4) is 0 Å². The van der Waals surface area contributed by atoms with Crippen LogP contribution in [0.2, 0.25) is 0 Å². The summed E-state index contributed by atoms with van der Waals surface area (Å²) >= 11 is 0. The monoisotopic (exact) mass is 242 g/mol. The van der Waals surface area contributed by atoms with Crippen molar-refractivity contribution in [1.29, 1.82) is 0 Å². The van der Waals surface area contributed by atoms with Crippen LogP contribution >= 0.6 is 0 Å². The van der Waals surface area contributed by atoms with Gasteiger partial charge in [0.15, 0.2) is 0 Å². The summed E-state index contributed by atoms with van der Waals surface area (Å²) in [4.78, 5) is 14.1. The van der Waals surface area contributed by atoms with Gasteiger partial charge in [0, 0.05) is 29.4 Å². The Morgan fingerprint density at radius 3 is 2.78 bits per heavy atom. The van der Waals surface area contributed by atoms with E-state index in [1.807, 2.05) is 29.2 Å². The van der Waals surface area contributed by atoms with Gasteiger partial charge in [0.1, 0.15) is 0 Å². The smallest absolute Gasteiger partial charge is 0.258 e. The molecule has 1 saturated heterocycles. The lowest BCUT2D eigenvalue weighted by molar-refractivity contribution is 0.0847. The predicted octanol–water partition coefficient (Wildman–Crippen LogP) is 2.26. The highest BCUT2D eigenvalue weighted by molar-refractivity contribution is 6.08. The van der Waals surface area contributed by atoms with Gasteiger partial charge in [-0.3, -0.25) is 4.79 Å². The van der Waals surface area contributed by atoms with Crippen LogP contribution in [0.3, 0.4) is 0 Å². The molecule has 0 bridgehead atoms. The summed E-state index contributed by atoms with van der Waals surface area (Å²) in [6.07, 6.45) is 3.49. The highest BCUT2D eigenvalue weighted by atomic mass is 16.2. The highest BCUT2D eigenvalue weighted by Gasteiger charge is 2.30. The third-order valence-electron chi connectivity index (χ3n) is 3.90. The second-order valence-corrected chi connectivity index (χ2v) is 5.03. The van der Waals surface area contributed by atoms with Crippen LogP contribution in [0, 0.1) is 0 Å². The molecular formula is C15H18N2O. The third kappa shape index (κ3) is 1.85. The van der Waals surface area contributed by atoms with Crippen molar-refractivity contribution in [3.63, 3.8) is 0 Å². The van der Waals surface area contributed by atoms with Gasteiger partial charge in [-0.2, -0.15) is 0 Å². The molecular weight excluding hydrogens is 224 g/mol. The molecule has 1 aromatic carbocycles. The molecule has 3 heteroatoms. The fraction of sp³-hybridized carbons (Fsp3) is 0.400. The molecule has 2 heterocycles. The minimum Gasteiger partial charge on any atom is -0.314 e. The maximum Gasteiger partial charge on any atom is 0.258 e. The first kappa shape index (κ1) is 11.5. The molecule has 2 aliphatic rings. The first-order chi connectivity index (χ1) is 8.77. The number of nitrogens with zero attached hydrogens (tertiary/aromatic N) is 1. The summed E-state index contributed by atoms with van der Waals surface area (Å²) in [7, 11) is 0. The number of nitrogens with one attached hydrogen (secondary N) is 1. The van der Waals surface area contributed by atoms with Gasteiger partial charge in [-0.25, -0.2) is 0 Å². The van der Waals surface area contributed by atoms with Gasteiger partial charge < -0.3 is 10.2 Å². The highest BCUT2D eigenvalue weighted by Crippen LogP contribution is 2.31. The maximum atomic E-state index is 12.3. The second kappa shape index (κ2) is 4.58. The van der Waals surface area contributed by atoms with Crippen LogP contribution in [0.1, 0.15) is 35.2 Å². The quantitative estimate of drug-likeness (QED) is 0.881. The van der Waals surface area contributed by atoms with Gasteiger partial charge in [0.25, 0.3) is 5.91 Å². The summed E-state index contributed by atoms with van der Waals surface area (Å²) in [6, 6.07) is 8.29. The molecule has 3 rings (SSSR count). The molecule has 1 unspecified atom stereocenters. The van der Waals surface area contributed by atoms with E-state index in [4.69, 9.17) is 0 Å². The van der Waals surface area contributed by atoms with Crippen LogP contribution < -0.4 is 5.32 Å². The van der Waals surface area contributed by atoms with Crippen molar-refractivity contribution in [2.45, 2.75) is 25.3 Å². The lowest BCUT2D eigenvalue weighted by atomic mass is 10.1. The number of hydrogen-bond acceptors (Lipinski definition) is 2. The van der Waals surface area contributed by atoms with Crippen LogP contribution in [0.25, 0.3) is 5.70 Å². The van der Waals surface area contributed by atoms with Crippen molar-refractivity contribution in [2.24, 2.45) is 0 Å². The van der Waals surface area contributed by atoms with Crippen LogP contribution in [-0.2, 0) is 0 Å². The van der Waals surface area contributed by atoms with E-state index in [0.717, 1.165) is 36.3 Å². The van der Waals surface area contributed by atoms with Crippen LogP contribution in [0.15, 0.2) is 30.8 Å². The van der Waals surface area contributed by atoms with Gasteiger partial charge in [-0.05, 0) is 31.9 Å². The molecule has 0 aliphatic carbocycles. The Bertz CT molecular complexity index is 454. The molecule has 1 atom stereocenters. The van der Waals surface area contributed by atoms with Gasteiger partial charge in [-0.15, -0.1) is 0 Å². The van der Waals surface area contributed by atoms with E-state index in [9.17, 15) is 4.79 Å². The molecule has 0 aromatic heterocycles.